The monoisotopic (exact) mass is 631 g/mol. The van der Waals surface area contributed by atoms with Crippen LogP contribution in [0.3, 0.4) is 0 Å². The summed E-state index contributed by atoms with van der Waals surface area (Å²) in [4.78, 5) is 15.3. The van der Waals surface area contributed by atoms with Crippen LogP contribution in [-0.4, -0.2) is 65.1 Å². The summed E-state index contributed by atoms with van der Waals surface area (Å²) in [5, 5.41) is 0.726. The van der Waals surface area contributed by atoms with Gasteiger partial charge < -0.3 is 14.4 Å². The molecule has 3 unspecified atom stereocenters. The second kappa shape index (κ2) is 13.3. The summed E-state index contributed by atoms with van der Waals surface area (Å²) in [5.74, 6) is 1.47. The van der Waals surface area contributed by atoms with E-state index in [9.17, 15) is 13.2 Å². The number of benzene rings is 2. The summed E-state index contributed by atoms with van der Waals surface area (Å²) >= 11 is 6.29. The molecular formula is C33H46ClN3O5S. The van der Waals surface area contributed by atoms with Gasteiger partial charge in [0.2, 0.25) is 0 Å². The summed E-state index contributed by atoms with van der Waals surface area (Å²) in [5.41, 5.74) is 3.45. The predicted molar refractivity (Wildman–Crippen MR) is 171 cm³/mol. The maximum atomic E-state index is 13.3. The van der Waals surface area contributed by atoms with Crippen molar-refractivity contribution in [2.75, 3.05) is 39.3 Å². The zero-order valence-electron chi connectivity index (χ0n) is 26.0. The van der Waals surface area contributed by atoms with Crippen molar-refractivity contribution >= 4 is 33.4 Å². The molecule has 236 valence electrons. The summed E-state index contributed by atoms with van der Waals surface area (Å²) in [6.07, 6.45) is 7.83. The standard InChI is InChI=1S/C33H46ClN3O5S/c1-6-8-23-17-28(34)12-13-29(23)27-19-36(3)30-18-24(11-14-31(30)42-20-27)33(38)35-43(39,40)37(4)21(2)25-15-26(16-25)32(41-5)22-9-7-10-22/h11-14,17-18,21-22,25-27,32H,6-10,15-16,19-20H2,1-5H3,(H,35,38). The Kier molecular flexibility index (Phi) is 9.96. The van der Waals surface area contributed by atoms with Crippen LogP contribution in [0.2, 0.25) is 5.02 Å². The topological polar surface area (TPSA) is 88.2 Å². The number of likely N-dealkylation sites (N-methyl/N-ethyl adjacent to an activating group) is 1. The van der Waals surface area contributed by atoms with Crippen LogP contribution in [0.4, 0.5) is 5.69 Å². The van der Waals surface area contributed by atoms with E-state index in [1.807, 2.05) is 26.1 Å². The number of ether oxygens (including phenoxy) is 2. The minimum absolute atomic E-state index is 0.114. The van der Waals surface area contributed by atoms with Crippen molar-refractivity contribution in [3.05, 3.63) is 58.1 Å². The molecule has 0 spiro atoms. The van der Waals surface area contributed by atoms with E-state index in [-0.39, 0.29) is 29.5 Å². The molecule has 5 rings (SSSR count). The Bertz CT molecular complexity index is 1410. The van der Waals surface area contributed by atoms with Crippen molar-refractivity contribution in [3.63, 3.8) is 0 Å². The van der Waals surface area contributed by atoms with E-state index in [0.717, 1.165) is 36.4 Å². The molecule has 2 aromatic rings. The number of rotatable bonds is 11. The second-order valence-electron chi connectivity index (χ2n) is 12.7. The van der Waals surface area contributed by atoms with Crippen molar-refractivity contribution in [3.8, 4) is 5.75 Å². The zero-order chi connectivity index (χ0) is 30.9. The summed E-state index contributed by atoms with van der Waals surface area (Å²) < 4.78 is 42.2. The van der Waals surface area contributed by atoms with Crippen molar-refractivity contribution in [2.45, 2.75) is 76.9 Å². The van der Waals surface area contributed by atoms with Crippen molar-refractivity contribution < 1.29 is 22.7 Å². The summed E-state index contributed by atoms with van der Waals surface area (Å²) in [7, 11) is 1.27. The highest BCUT2D eigenvalue weighted by Crippen LogP contribution is 2.46. The van der Waals surface area contributed by atoms with E-state index in [2.05, 4.69) is 22.6 Å². The number of aryl methyl sites for hydroxylation is 1. The molecule has 43 heavy (non-hydrogen) atoms. The quantitative estimate of drug-likeness (QED) is 0.325. The minimum Gasteiger partial charge on any atom is -0.491 e. The number of halogens is 1. The first-order valence-corrected chi connectivity index (χ1v) is 17.4. The van der Waals surface area contributed by atoms with Gasteiger partial charge in [-0.1, -0.05) is 37.4 Å². The van der Waals surface area contributed by atoms with Crippen LogP contribution in [0.15, 0.2) is 36.4 Å². The lowest BCUT2D eigenvalue weighted by Gasteiger charge is -2.48. The van der Waals surface area contributed by atoms with Gasteiger partial charge in [0.1, 0.15) is 5.75 Å². The van der Waals surface area contributed by atoms with Crippen LogP contribution < -0.4 is 14.4 Å². The van der Waals surface area contributed by atoms with Crippen LogP contribution in [0.5, 0.6) is 5.75 Å². The molecule has 1 amide bonds. The van der Waals surface area contributed by atoms with Gasteiger partial charge in [-0.3, -0.25) is 4.79 Å². The number of carbonyl (C=O) groups is 1. The average molecular weight is 632 g/mol. The van der Waals surface area contributed by atoms with Crippen LogP contribution in [0.25, 0.3) is 0 Å². The number of methoxy groups -OCH3 is 1. The smallest absolute Gasteiger partial charge is 0.304 e. The van der Waals surface area contributed by atoms with Gasteiger partial charge in [0.25, 0.3) is 5.91 Å². The lowest BCUT2D eigenvalue weighted by atomic mass is 9.64. The third-order valence-electron chi connectivity index (χ3n) is 10.0. The average Bonchev–Trinajstić information content (AvgIpc) is 3.08. The van der Waals surface area contributed by atoms with E-state index >= 15 is 0 Å². The lowest BCUT2D eigenvalue weighted by molar-refractivity contribution is -0.0699. The van der Waals surface area contributed by atoms with Gasteiger partial charge in [0.15, 0.2) is 0 Å². The molecule has 2 saturated carbocycles. The van der Waals surface area contributed by atoms with Gasteiger partial charge in [-0.05, 0) is 98.2 Å². The summed E-state index contributed by atoms with van der Waals surface area (Å²) in [6, 6.07) is 10.9. The van der Waals surface area contributed by atoms with Gasteiger partial charge in [-0.2, -0.15) is 12.7 Å². The highest BCUT2D eigenvalue weighted by Gasteiger charge is 2.44. The normalized spacial score (nSPS) is 23.8. The molecule has 0 saturated heterocycles. The molecule has 1 heterocycles. The number of anilines is 1. The first kappa shape index (κ1) is 32.1. The second-order valence-corrected chi connectivity index (χ2v) is 14.9. The molecule has 0 radical (unpaired) electrons. The molecule has 3 atom stereocenters. The molecule has 2 aromatic carbocycles. The number of nitrogens with one attached hydrogen (secondary N) is 1. The van der Waals surface area contributed by atoms with Gasteiger partial charge >= 0.3 is 10.2 Å². The highest BCUT2D eigenvalue weighted by molar-refractivity contribution is 7.87. The first-order valence-electron chi connectivity index (χ1n) is 15.6. The zero-order valence-corrected chi connectivity index (χ0v) is 27.6. The third-order valence-corrected chi connectivity index (χ3v) is 11.8. The fourth-order valence-corrected chi connectivity index (χ4v) is 8.37. The van der Waals surface area contributed by atoms with Gasteiger partial charge in [0.05, 0.1) is 18.4 Å². The predicted octanol–water partition coefficient (Wildman–Crippen LogP) is 6.04. The third kappa shape index (κ3) is 6.85. The molecule has 2 fully saturated rings. The summed E-state index contributed by atoms with van der Waals surface area (Å²) in [6.45, 7) is 5.25. The molecule has 1 aliphatic heterocycles. The lowest BCUT2D eigenvalue weighted by Crippen LogP contribution is -2.52. The van der Waals surface area contributed by atoms with Gasteiger partial charge in [-0.15, -0.1) is 0 Å². The highest BCUT2D eigenvalue weighted by atomic mass is 35.5. The largest absolute Gasteiger partial charge is 0.491 e. The van der Waals surface area contributed by atoms with Gasteiger partial charge in [0, 0.05) is 50.3 Å². The SMILES string of the molecule is CCCc1cc(Cl)ccc1C1COc2ccc(C(=O)NS(=O)(=O)N(C)C(C)C3CC(C(OC)C4CCC4)C3)cc2N(C)C1. The van der Waals surface area contributed by atoms with E-state index in [1.165, 1.54) is 34.7 Å². The number of fused-ring (bicyclic) bond motifs is 1. The van der Waals surface area contributed by atoms with Crippen LogP contribution in [-0.2, 0) is 21.4 Å². The molecule has 0 bridgehead atoms. The molecule has 8 nitrogen and oxygen atoms in total. The van der Waals surface area contributed by atoms with Gasteiger partial charge in [-0.25, -0.2) is 4.72 Å². The van der Waals surface area contributed by atoms with Crippen LogP contribution in [0, 0.1) is 17.8 Å². The number of hydrogen-bond acceptors (Lipinski definition) is 6. The van der Waals surface area contributed by atoms with Crippen molar-refractivity contribution in [2.24, 2.45) is 17.8 Å². The number of hydrogen-bond donors (Lipinski definition) is 1. The Labute approximate surface area is 262 Å². The Morgan fingerprint density at radius 2 is 1.91 bits per heavy atom. The number of nitrogens with zero attached hydrogens (tertiary/aromatic N) is 2. The van der Waals surface area contributed by atoms with E-state index in [0.29, 0.717) is 30.7 Å². The van der Waals surface area contributed by atoms with Crippen molar-refractivity contribution in [1.82, 2.24) is 9.03 Å². The number of amides is 1. The molecular weight excluding hydrogens is 586 g/mol. The Morgan fingerprint density at radius 1 is 1.16 bits per heavy atom. The molecule has 3 aliphatic rings. The fraction of sp³-hybridized carbons (Fsp3) is 0.606. The Balaban J connectivity index is 1.22. The van der Waals surface area contributed by atoms with E-state index in [4.69, 9.17) is 21.1 Å². The van der Waals surface area contributed by atoms with Crippen LogP contribution >= 0.6 is 11.6 Å². The maximum absolute atomic E-state index is 13.3. The molecule has 10 heteroatoms. The Morgan fingerprint density at radius 3 is 2.56 bits per heavy atom. The number of carbonyl (C=O) groups excluding carboxylic acids is 1. The Hall–Kier alpha value is -2.33. The molecule has 1 N–H and O–H groups in total. The molecule has 0 aromatic heterocycles. The van der Waals surface area contributed by atoms with Crippen molar-refractivity contribution in [1.29, 1.82) is 0 Å². The first-order chi connectivity index (χ1) is 20.5. The van der Waals surface area contributed by atoms with E-state index in [1.54, 1.807) is 32.4 Å². The molecule has 2 aliphatic carbocycles. The fourth-order valence-electron chi connectivity index (χ4n) is 7.07. The minimum atomic E-state index is -4.03. The van der Waals surface area contributed by atoms with E-state index < -0.39 is 16.1 Å². The van der Waals surface area contributed by atoms with Crippen LogP contribution in [0.1, 0.15) is 79.8 Å². The maximum Gasteiger partial charge on any atom is 0.304 e.